The molecule has 8 heteroatoms. The molecule has 186 valence electrons. The van der Waals surface area contributed by atoms with Gasteiger partial charge < -0.3 is 14.7 Å². The van der Waals surface area contributed by atoms with E-state index in [1.54, 1.807) is 49.7 Å². The number of rotatable bonds is 10. The predicted molar refractivity (Wildman–Crippen MR) is 134 cm³/mol. The zero-order chi connectivity index (χ0) is 24.8. The third-order valence-corrected chi connectivity index (χ3v) is 7.80. The summed E-state index contributed by atoms with van der Waals surface area (Å²) >= 11 is 1.44. The maximum Gasteiger partial charge on any atom is 0.308 e. The Morgan fingerprint density at radius 2 is 2.11 bits per heavy atom. The molecule has 5 nitrogen and oxygen atoms in total. The van der Waals surface area contributed by atoms with Gasteiger partial charge in [0.15, 0.2) is 0 Å². The van der Waals surface area contributed by atoms with E-state index in [0.717, 1.165) is 11.9 Å². The molecule has 1 aliphatic rings. The monoisotopic (exact) mass is 500 g/mol. The van der Waals surface area contributed by atoms with Gasteiger partial charge in [-0.15, -0.1) is 11.8 Å². The van der Waals surface area contributed by atoms with Gasteiger partial charge in [0.1, 0.15) is 17.7 Å². The largest absolute Gasteiger partial charge is 0.497 e. The van der Waals surface area contributed by atoms with E-state index < -0.39 is 18.1 Å². The molecule has 4 rings (SSSR count). The van der Waals surface area contributed by atoms with Gasteiger partial charge in [-0.05, 0) is 73.7 Å². The molecule has 0 saturated carbocycles. The summed E-state index contributed by atoms with van der Waals surface area (Å²) in [6.45, 7) is 1.88. The third kappa shape index (κ3) is 6.30. The number of fused-ring (bicyclic) bond motifs is 1. The van der Waals surface area contributed by atoms with Crippen molar-refractivity contribution < 1.29 is 23.4 Å². The lowest BCUT2D eigenvalue weighted by Crippen LogP contribution is -2.44. The van der Waals surface area contributed by atoms with E-state index in [1.165, 1.54) is 17.8 Å². The third-order valence-electron chi connectivity index (χ3n) is 6.77. The van der Waals surface area contributed by atoms with Gasteiger partial charge in [-0.3, -0.25) is 9.78 Å². The number of benzene rings is 2. The van der Waals surface area contributed by atoms with Crippen LogP contribution in [0.4, 0.5) is 8.78 Å². The van der Waals surface area contributed by atoms with Crippen LogP contribution in [0.25, 0.3) is 10.9 Å². The SMILES string of the molecule is COc1ccc2nccc([C@H](F)CC[C@@H]3CCN(CCSc4ccccc4F)C[C@@H]3C(=O)O)c2c1. The zero-order valence-corrected chi connectivity index (χ0v) is 20.5. The number of aromatic nitrogens is 1. The summed E-state index contributed by atoms with van der Waals surface area (Å²) in [5.41, 5.74) is 1.26. The molecular weight excluding hydrogens is 470 g/mol. The smallest absolute Gasteiger partial charge is 0.308 e. The first kappa shape index (κ1) is 25.4. The molecule has 1 fully saturated rings. The normalized spacial score (nSPS) is 19.5. The number of aliphatic carboxylic acids is 1. The molecule has 1 saturated heterocycles. The summed E-state index contributed by atoms with van der Waals surface area (Å²) in [5, 5.41) is 10.6. The van der Waals surface area contributed by atoms with Crippen LogP contribution in [0.1, 0.15) is 31.0 Å². The summed E-state index contributed by atoms with van der Waals surface area (Å²) in [5.74, 6) is -0.363. The number of carbonyl (C=O) groups is 1. The summed E-state index contributed by atoms with van der Waals surface area (Å²) in [6, 6.07) is 13.8. The Bertz CT molecular complexity index is 1160. The minimum Gasteiger partial charge on any atom is -0.497 e. The number of pyridine rings is 1. The Morgan fingerprint density at radius 3 is 2.89 bits per heavy atom. The van der Waals surface area contributed by atoms with Crippen LogP contribution in [0.15, 0.2) is 59.6 Å². The van der Waals surface area contributed by atoms with Crippen LogP contribution in [-0.4, -0.2) is 53.5 Å². The van der Waals surface area contributed by atoms with Gasteiger partial charge >= 0.3 is 5.97 Å². The van der Waals surface area contributed by atoms with Gasteiger partial charge in [0, 0.05) is 35.3 Å². The van der Waals surface area contributed by atoms with Crippen LogP contribution in [-0.2, 0) is 4.79 Å². The molecule has 2 heterocycles. The van der Waals surface area contributed by atoms with Gasteiger partial charge in [0.25, 0.3) is 0 Å². The predicted octanol–water partition coefficient (Wildman–Crippen LogP) is 5.99. The first-order valence-electron chi connectivity index (χ1n) is 11.9. The number of hydrogen-bond donors (Lipinski definition) is 1. The topological polar surface area (TPSA) is 62.7 Å². The van der Waals surface area contributed by atoms with E-state index in [0.29, 0.717) is 53.4 Å². The summed E-state index contributed by atoms with van der Waals surface area (Å²) in [6.07, 6.45) is 1.86. The van der Waals surface area contributed by atoms with E-state index >= 15 is 4.39 Å². The Labute approximate surface area is 208 Å². The van der Waals surface area contributed by atoms with E-state index in [-0.39, 0.29) is 18.2 Å². The minimum atomic E-state index is -1.21. The Hall–Kier alpha value is -2.71. The number of methoxy groups -OCH3 is 1. The molecule has 0 aliphatic carbocycles. The van der Waals surface area contributed by atoms with Crippen molar-refractivity contribution in [1.82, 2.24) is 9.88 Å². The van der Waals surface area contributed by atoms with Gasteiger partial charge in [-0.2, -0.15) is 0 Å². The van der Waals surface area contributed by atoms with Crippen molar-refractivity contribution in [2.75, 3.05) is 32.5 Å². The van der Waals surface area contributed by atoms with E-state index in [4.69, 9.17) is 4.74 Å². The quantitative estimate of drug-likeness (QED) is 0.345. The number of alkyl halides is 1. The highest BCUT2D eigenvalue weighted by molar-refractivity contribution is 7.99. The molecule has 0 amide bonds. The van der Waals surface area contributed by atoms with Gasteiger partial charge in [-0.1, -0.05) is 12.1 Å². The molecule has 1 N–H and O–H groups in total. The maximum absolute atomic E-state index is 15.4. The van der Waals surface area contributed by atoms with Crippen LogP contribution in [0, 0.1) is 17.7 Å². The molecule has 0 radical (unpaired) electrons. The second kappa shape index (κ2) is 11.8. The summed E-state index contributed by atoms with van der Waals surface area (Å²) in [4.78, 5) is 19.1. The van der Waals surface area contributed by atoms with Crippen molar-refractivity contribution in [3.8, 4) is 5.75 Å². The molecule has 3 aromatic rings. The highest BCUT2D eigenvalue weighted by Crippen LogP contribution is 2.35. The number of hydrogen-bond acceptors (Lipinski definition) is 5. The standard InChI is InChI=1S/C27H30F2N2O3S/c1-34-19-7-9-25-21(16-19)20(10-12-30-25)23(28)8-6-18-11-13-31(17-22(18)27(32)33)14-15-35-26-5-3-2-4-24(26)29/h2-5,7,9-10,12,16,18,22-23H,6,8,11,13-15,17H2,1H3,(H,32,33)/t18-,22+,23-/m1/s1. The van der Waals surface area contributed by atoms with Gasteiger partial charge in [0.2, 0.25) is 0 Å². The average molecular weight is 501 g/mol. The molecule has 1 aliphatic heterocycles. The van der Waals surface area contributed by atoms with E-state index in [1.807, 2.05) is 6.07 Å². The van der Waals surface area contributed by atoms with Crippen molar-refractivity contribution >= 4 is 28.6 Å². The molecule has 0 spiro atoms. The molecule has 2 aromatic carbocycles. The van der Waals surface area contributed by atoms with Crippen molar-refractivity contribution in [1.29, 1.82) is 0 Å². The number of nitrogens with zero attached hydrogens (tertiary/aromatic N) is 2. The molecule has 1 aromatic heterocycles. The molecular formula is C27H30F2N2O3S. The fraction of sp³-hybridized carbons (Fsp3) is 0.407. The van der Waals surface area contributed by atoms with E-state index in [9.17, 15) is 14.3 Å². The zero-order valence-electron chi connectivity index (χ0n) is 19.7. The number of ether oxygens (including phenoxy) is 1. The number of likely N-dealkylation sites (tertiary alicyclic amines) is 1. The maximum atomic E-state index is 15.4. The molecule has 35 heavy (non-hydrogen) atoms. The second-order valence-electron chi connectivity index (χ2n) is 8.90. The Morgan fingerprint density at radius 1 is 1.29 bits per heavy atom. The van der Waals surface area contributed by atoms with Crippen LogP contribution in [0.3, 0.4) is 0 Å². The molecule has 0 unspecified atom stereocenters. The lowest BCUT2D eigenvalue weighted by Gasteiger charge is -2.36. The fourth-order valence-corrected chi connectivity index (χ4v) is 5.76. The van der Waals surface area contributed by atoms with Crippen molar-refractivity contribution in [2.24, 2.45) is 11.8 Å². The first-order valence-corrected chi connectivity index (χ1v) is 12.8. The fourth-order valence-electron chi connectivity index (χ4n) is 4.81. The van der Waals surface area contributed by atoms with Crippen molar-refractivity contribution in [3.05, 3.63) is 66.1 Å². The molecule has 3 atom stereocenters. The van der Waals surface area contributed by atoms with Crippen LogP contribution in [0.5, 0.6) is 5.75 Å². The Balaban J connectivity index is 1.34. The van der Waals surface area contributed by atoms with Crippen molar-refractivity contribution in [2.45, 2.75) is 30.3 Å². The van der Waals surface area contributed by atoms with Crippen LogP contribution >= 0.6 is 11.8 Å². The second-order valence-corrected chi connectivity index (χ2v) is 10.0. The summed E-state index contributed by atoms with van der Waals surface area (Å²) in [7, 11) is 1.57. The number of piperidine rings is 1. The average Bonchev–Trinajstić information content (AvgIpc) is 2.88. The number of carboxylic acid groups (broad SMARTS) is 1. The molecule has 0 bridgehead atoms. The Kier molecular flexibility index (Phi) is 8.57. The lowest BCUT2D eigenvalue weighted by atomic mass is 9.81. The number of halogens is 2. The number of carboxylic acids is 1. The minimum absolute atomic E-state index is 0.0798. The van der Waals surface area contributed by atoms with Gasteiger partial charge in [-0.25, -0.2) is 8.78 Å². The first-order chi connectivity index (χ1) is 17.0. The van der Waals surface area contributed by atoms with Crippen LogP contribution in [0.2, 0.25) is 0 Å². The van der Waals surface area contributed by atoms with E-state index in [2.05, 4.69) is 9.88 Å². The van der Waals surface area contributed by atoms with Crippen LogP contribution < -0.4 is 4.74 Å². The van der Waals surface area contributed by atoms with Crippen molar-refractivity contribution in [3.63, 3.8) is 0 Å². The lowest BCUT2D eigenvalue weighted by molar-refractivity contribution is -0.146. The van der Waals surface area contributed by atoms with Gasteiger partial charge in [0.05, 0.1) is 18.5 Å². The summed E-state index contributed by atoms with van der Waals surface area (Å²) < 4.78 is 34.5. The number of thioether (sulfide) groups is 1. The highest BCUT2D eigenvalue weighted by Gasteiger charge is 2.34. The highest BCUT2D eigenvalue weighted by atomic mass is 32.2.